The SMILES string of the molecule is CCOc1ccc(CN2CCCn3c4c(c5cc(C)ccc53)CCC[C@H]42)cc1. The molecule has 3 heteroatoms. The van der Waals surface area contributed by atoms with E-state index in [1.54, 1.807) is 11.3 Å². The first kappa shape index (κ1) is 17.8. The molecule has 0 fully saturated rings. The molecule has 0 saturated heterocycles. The van der Waals surface area contributed by atoms with Crippen molar-refractivity contribution < 1.29 is 4.74 Å². The molecule has 28 heavy (non-hydrogen) atoms. The van der Waals surface area contributed by atoms with E-state index in [0.717, 1.165) is 25.4 Å². The minimum absolute atomic E-state index is 0.547. The summed E-state index contributed by atoms with van der Waals surface area (Å²) >= 11 is 0. The highest BCUT2D eigenvalue weighted by Crippen LogP contribution is 2.42. The number of aryl methyl sites for hydroxylation is 3. The molecule has 0 saturated carbocycles. The maximum Gasteiger partial charge on any atom is 0.119 e. The Kier molecular flexibility index (Phi) is 4.64. The molecular formula is C25H30N2O. The Morgan fingerprint density at radius 3 is 2.71 bits per heavy atom. The van der Waals surface area contributed by atoms with Crippen LogP contribution in [0.15, 0.2) is 42.5 Å². The van der Waals surface area contributed by atoms with Gasteiger partial charge in [-0.2, -0.15) is 0 Å². The molecule has 2 heterocycles. The lowest BCUT2D eigenvalue weighted by molar-refractivity contribution is 0.173. The normalized spacial score (nSPS) is 19.4. The first-order valence-corrected chi connectivity index (χ1v) is 10.8. The Balaban J connectivity index is 1.50. The van der Waals surface area contributed by atoms with Crippen molar-refractivity contribution in [1.82, 2.24) is 9.47 Å². The molecule has 0 N–H and O–H groups in total. The van der Waals surface area contributed by atoms with Crippen molar-refractivity contribution in [3.05, 3.63) is 64.8 Å². The van der Waals surface area contributed by atoms with Crippen molar-refractivity contribution in [2.75, 3.05) is 13.2 Å². The quantitative estimate of drug-likeness (QED) is 0.589. The first-order chi connectivity index (χ1) is 13.7. The Bertz CT molecular complexity index is 982. The lowest BCUT2D eigenvalue weighted by atomic mass is 9.90. The lowest BCUT2D eigenvalue weighted by Crippen LogP contribution is -2.31. The minimum Gasteiger partial charge on any atom is -0.494 e. The summed E-state index contributed by atoms with van der Waals surface area (Å²) in [6, 6.07) is 16.3. The van der Waals surface area contributed by atoms with E-state index in [2.05, 4.69) is 58.9 Å². The van der Waals surface area contributed by atoms with E-state index in [4.69, 9.17) is 4.74 Å². The predicted octanol–water partition coefficient (Wildman–Crippen LogP) is 5.63. The molecule has 1 atom stereocenters. The van der Waals surface area contributed by atoms with Crippen LogP contribution in [0.4, 0.5) is 0 Å². The van der Waals surface area contributed by atoms with E-state index in [1.807, 2.05) is 6.92 Å². The average Bonchev–Trinajstić information content (AvgIpc) is 2.90. The number of hydrogen-bond acceptors (Lipinski definition) is 2. The van der Waals surface area contributed by atoms with Crippen LogP contribution in [0.25, 0.3) is 10.9 Å². The molecule has 0 unspecified atom stereocenters. The highest BCUT2D eigenvalue weighted by molar-refractivity contribution is 5.86. The maximum atomic E-state index is 5.61. The summed E-state index contributed by atoms with van der Waals surface area (Å²) in [6.07, 6.45) is 5.02. The Morgan fingerprint density at radius 1 is 1.04 bits per heavy atom. The molecule has 146 valence electrons. The lowest BCUT2D eigenvalue weighted by Gasteiger charge is -2.33. The second kappa shape index (κ2) is 7.29. The molecule has 3 nitrogen and oxygen atoms in total. The number of aromatic nitrogens is 1. The van der Waals surface area contributed by atoms with E-state index in [9.17, 15) is 0 Å². The van der Waals surface area contributed by atoms with Gasteiger partial charge in [-0.25, -0.2) is 0 Å². The van der Waals surface area contributed by atoms with Gasteiger partial charge in [0.2, 0.25) is 0 Å². The van der Waals surface area contributed by atoms with Gasteiger partial charge in [-0.3, -0.25) is 4.90 Å². The Labute approximate surface area is 167 Å². The molecular weight excluding hydrogens is 344 g/mol. The molecule has 5 rings (SSSR count). The Hall–Kier alpha value is -2.26. The fourth-order valence-electron chi connectivity index (χ4n) is 5.28. The molecule has 3 aromatic rings. The highest BCUT2D eigenvalue weighted by atomic mass is 16.5. The largest absolute Gasteiger partial charge is 0.494 e. The molecule has 1 aliphatic carbocycles. The molecule has 1 aliphatic heterocycles. The van der Waals surface area contributed by atoms with Crippen molar-refractivity contribution in [3.8, 4) is 5.75 Å². The Morgan fingerprint density at radius 2 is 1.89 bits per heavy atom. The third-order valence-electron chi connectivity index (χ3n) is 6.48. The minimum atomic E-state index is 0.547. The van der Waals surface area contributed by atoms with Gasteiger partial charge in [0.25, 0.3) is 0 Å². The first-order valence-electron chi connectivity index (χ1n) is 10.8. The second-order valence-electron chi connectivity index (χ2n) is 8.35. The molecule has 0 amide bonds. The summed E-state index contributed by atoms with van der Waals surface area (Å²) in [6.45, 7) is 8.31. The van der Waals surface area contributed by atoms with Gasteiger partial charge in [-0.15, -0.1) is 0 Å². The van der Waals surface area contributed by atoms with Crippen LogP contribution in [0.1, 0.15) is 54.6 Å². The zero-order valence-corrected chi connectivity index (χ0v) is 17.1. The molecule has 1 aromatic heterocycles. The van der Waals surface area contributed by atoms with Crippen LogP contribution in [-0.2, 0) is 19.5 Å². The fourth-order valence-corrected chi connectivity index (χ4v) is 5.28. The van der Waals surface area contributed by atoms with Gasteiger partial charge in [0.15, 0.2) is 0 Å². The van der Waals surface area contributed by atoms with Gasteiger partial charge >= 0.3 is 0 Å². The van der Waals surface area contributed by atoms with Crippen LogP contribution in [-0.4, -0.2) is 22.6 Å². The van der Waals surface area contributed by atoms with Gasteiger partial charge in [-0.1, -0.05) is 23.8 Å². The summed E-state index contributed by atoms with van der Waals surface area (Å²) in [4.78, 5) is 2.73. The van der Waals surface area contributed by atoms with E-state index >= 15 is 0 Å². The molecule has 0 radical (unpaired) electrons. The molecule has 2 aromatic carbocycles. The van der Waals surface area contributed by atoms with Crippen LogP contribution in [0.5, 0.6) is 5.75 Å². The van der Waals surface area contributed by atoms with Crippen molar-refractivity contribution in [1.29, 1.82) is 0 Å². The van der Waals surface area contributed by atoms with Crippen LogP contribution >= 0.6 is 0 Å². The third kappa shape index (κ3) is 3.02. The van der Waals surface area contributed by atoms with Crippen molar-refractivity contribution in [3.63, 3.8) is 0 Å². The number of hydrogen-bond donors (Lipinski definition) is 0. The fraction of sp³-hybridized carbons (Fsp3) is 0.440. The maximum absolute atomic E-state index is 5.61. The van der Waals surface area contributed by atoms with Crippen LogP contribution in [0, 0.1) is 6.92 Å². The van der Waals surface area contributed by atoms with E-state index in [0.29, 0.717) is 6.04 Å². The van der Waals surface area contributed by atoms with Crippen LogP contribution in [0.3, 0.4) is 0 Å². The van der Waals surface area contributed by atoms with Gasteiger partial charge in [0.05, 0.1) is 12.6 Å². The van der Waals surface area contributed by atoms with E-state index in [1.165, 1.54) is 54.3 Å². The molecule has 0 spiro atoms. The number of nitrogens with zero attached hydrogens (tertiary/aromatic N) is 2. The van der Waals surface area contributed by atoms with Gasteiger partial charge in [0.1, 0.15) is 5.75 Å². The zero-order valence-electron chi connectivity index (χ0n) is 17.1. The number of rotatable bonds is 4. The monoisotopic (exact) mass is 374 g/mol. The average molecular weight is 375 g/mol. The van der Waals surface area contributed by atoms with Crippen molar-refractivity contribution in [2.24, 2.45) is 0 Å². The van der Waals surface area contributed by atoms with Crippen molar-refractivity contribution >= 4 is 10.9 Å². The molecule has 2 aliphatic rings. The van der Waals surface area contributed by atoms with Gasteiger partial charge in [-0.05, 0) is 74.9 Å². The van der Waals surface area contributed by atoms with Crippen molar-refractivity contribution in [2.45, 2.75) is 58.7 Å². The topological polar surface area (TPSA) is 17.4 Å². The molecule has 0 bridgehead atoms. The summed E-state index contributed by atoms with van der Waals surface area (Å²) in [7, 11) is 0. The second-order valence-corrected chi connectivity index (χ2v) is 8.35. The number of benzene rings is 2. The number of ether oxygens (including phenoxy) is 1. The zero-order chi connectivity index (χ0) is 19.1. The van der Waals surface area contributed by atoms with Gasteiger partial charge in [0, 0.05) is 36.2 Å². The van der Waals surface area contributed by atoms with Gasteiger partial charge < -0.3 is 9.30 Å². The summed E-state index contributed by atoms with van der Waals surface area (Å²) in [5.41, 5.74) is 7.43. The smallest absolute Gasteiger partial charge is 0.119 e. The summed E-state index contributed by atoms with van der Waals surface area (Å²) < 4.78 is 8.26. The summed E-state index contributed by atoms with van der Waals surface area (Å²) in [5, 5.41) is 1.50. The van der Waals surface area contributed by atoms with Crippen LogP contribution < -0.4 is 4.74 Å². The number of fused-ring (bicyclic) bond motifs is 3. The van der Waals surface area contributed by atoms with E-state index < -0.39 is 0 Å². The van der Waals surface area contributed by atoms with Crippen LogP contribution in [0.2, 0.25) is 0 Å². The highest BCUT2D eigenvalue weighted by Gasteiger charge is 2.33. The third-order valence-corrected chi connectivity index (χ3v) is 6.48. The van der Waals surface area contributed by atoms with E-state index in [-0.39, 0.29) is 0 Å². The predicted molar refractivity (Wildman–Crippen MR) is 115 cm³/mol. The summed E-state index contributed by atoms with van der Waals surface area (Å²) in [5.74, 6) is 0.970. The standard InChI is InChI=1S/C25H30N2O/c1-3-28-20-11-9-19(10-12-20)17-26-14-5-15-27-23-13-8-18(2)16-22(23)21-6-4-7-24(26)25(21)27/h8-13,16,24H,3-7,14-15,17H2,1-2H3/t24-/m1/s1.